The van der Waals surface area contributed by atoms with Gasteiger partial charge in [0, 0.05) is 18.5 Å². The molecule has 21 heavy (non-hydrogen) atoms. The van der Waals surface area contributed by atoms with Gasteiger partial charge in [-0.1, -0.05) is 36.4 Å². The van der Waals surface area contributed by atoms with Crippen molar-refractivity contribution in [2.24, 2.45) is 0 Å². The smallest absolute Gasteiger partial charge is 0.244 e. The van der Waals surface area contributed by atoms with Crippen molar-refractivity contribution in [3.8, 4) is 0 Å². The van der Waals surface area contributed by atoms with Crippen molar-refractivity contribution in [3.63, 3.8) is 0 Å². The summed E-state index contributed by atoms with van der Waals surface area (Å²) < 4.78 is 0. The Hall–Kier alpha value is -2.46. The van der Waals surface area contributed by atoms with Gasteiger partial charge in [0.25, 0.3) is 0 Å². The summed E-state index contributed by atoms with van der Waals surface area (Å²) in [6, 6.07) is 13.1. The maximum absolute atomic E-state index is 11.8. The van der Waals surface area contributed by atoms with E-state index in [0.29, 0.717) is 6.42 Å². The highest BCUT2D eigenvalue weighted by Gasteiger charge is 2.10. The molecule has 1 atom stereocenters. The zero-order valence-electron chi connectivity index (χ0n) is 11.6. The molecule has 108 valence electrons. The summed E-state index contributed by atoms with van der Waals surface area (Å²) >= 11 is 0. The summed E-state index contributed by atoms with van der Waals surface area (Å²) in [5, 5.41) is 12.2. The number of carbonyl (C=O) groups excluding carboxylic acids is 1. The average molecular weight is 282 g/mol. The lowest BCUT2D eigenvalue weighted by Crippen LogP contribution is -2.38. The topological polar surface area (TPSA) is 62.2 Å². The Kier molecular flexibility index (Phi) is 5.67. The summed E-state index contributed by atoms with van der Waals surface area (Å²) in [6.45, 7) is -0.0959. The minimum Gasteiger partial charge on any atom is -0.394 e. The first-order chi connectivity index (χ1) is 10.3. The number of aliphatic hydroxyl groups is 1. The Morgan fingerprint density at radius 2 is 2.05 bits per heavy atom. The van der Waals surface area contributed by atoms with Crippen molar-refractivity contribution in [1.82, 2.24) is 10.3 Å². The third-order valence-corrected chi connectivity index (χ3v) is 3.00. The van der Waals surface area contributed by atoms with Crippen LogP contribution in [0.15, 0.2) is 60.9 Å². The Balaban J connectivity index is 1.89. The zero-order valence-corrected chi connectivity index (χ0v) is 11.6. The predicted molar refractivity (Wildman–Crippen MR) is 82.4 cm³/mol. The number of aromatic nitrogens is 1. The molecule has 2 N–H and O–H groups in total. The van der Waals surface area contributed by atoms with Gasteiger partial charge in [-0.3, -0.25) is 9.78 Å². The lowest BCUT2D eigenvalue weighted by molar-refractivity contribution is -0.117. The van der Waals surface area contributed by atoms with E-state index >= 15 is 0 Å². The van der Waals surface area contributed by atoms with Gasteiger partial charge in [-0.2, -0.15) is 0 Å². The number of amides is 1. The van der Waals surface area contributed by atoms with Gasteiger partial charge in [0.05, 0.1) is 12.6 Å². The van der Waals surface area contributed by atoms with Crippen LogP contribution in [-0.2, 0) is 11.2 Å². The molecule has 0 aliphatic carbocycles. The molecule has 4 nitrogen and oxygen atoms in total. The van der Waals surface area contributed by atoms with Crippen LogP contribution in [0, 0.1) is 0 Å². The van der Waals surface area contributed by atoms with E-state index in [2.05, 4.69) is 10.3 Å². The normalized spacial score (nSPS) is 12.2. The molecule has 0 bridgehead atoms. The van der Waals surface area contributed by atoms with Gasteiger partial charge in [0.15, 0.2) is 0 Å². The van der Waals surface area contributed by atoms with Gasteiger partial charge in [0.2, 0.25) is 5.91 Å². The molecule has 0 spiro atoms. The average Bonchev–Trinajstić information content (AvgIpc) is 2.54. The van der Waals surface area contributed by atoms with E-state index in [9.17, 15) is 9.90 Å². The van der Waals surface area contributed by atoms with Gasteiger partial charge in [-0.15, -0.1) is 0 Å². The van der Waals surface area contributed by atoms with Crippen LogP contribution in [0.25, 0.3) is 6.08 Å². The van der Waals surface area contributed by atoms with Crippen LogP contribution in [0.5, 0.6) is 0 Å². The molecule has 1 amide bonds. The molecule has 2 aromatic rings. The SMILES string of the molecule is O=C(C=Cc1cccnc1)NC(CO)Cc1ccccc1. The first kappa shape index (κ1) is 14.9. The number of nitrogens with one attached hydrogen (secondary N) is 1. The van der Waals surface area contributed by atoms with Crippen molar-refractivity contribution in [1.29, 1.82) is 0 Å². The first-order valence-electron chi connectivity index (χ1n) is 6.81. The molecule has 1 aromatic heterocycles. The molecule has 0 saturated heterocycles. The number of hydrogen-bond acceptors (Lipinski definition) is 3. The van der Waals surface area contributed by atoms with E-state index in [1.54, 1.807) is 18.5 Å². The third kappa shape index (κ3) is 5.20. The number of rotatable bonds is 6. The van der Waals surface area contributed by atoms with Crippen LogP contribution in [0.2, 0.25) is 0 Å². The van der Waals surface area contributed by atoms with E-state index in [-0.39, 0.29) is 18.6 Å². The highest BCUT2D eigenvalue weighted by Crippen LogP contribution is 2.03. The Morgan fingerprint density at radius 3 is 2.71 bits per heavy atom. The van der Waals surface area contributed by atoms with Crippen LogP contribution in [0.1, 0.15) is 11.1 Å². The van der Waals surface area contributed by atoms with Crippen molar-refractivity contribution in [3.05, 3.63) is 72.1 Å². The summed E-state index contributed by atoms with van der Waals surface area (Å²) in [6.07, 6.45) is 7.10. The van der Waals surface area contributed by atoms with E-state index in [0.717, 1.165) is 11.1 Å². The van der Waals surface area contributed by atoms with E-state index in [4.69, 9.17) is 0 Å². The molecule has 2 rings (SSSR count). The maximum atomic E-state index is 11.8. The summed E-state index contributed by atoms with van der Waals surface area (Å²) in [7, 11) is 0. The highest BCUT2D eigenvalue weighted by atomic mass is 16.3. The van der Waals surface area contributed by atoms with Crippen LogP contribution >= 0.6 is 0 Å². The number of nitrogens with zero attached hydrogens (tertiary/aromatic N) is 1. The lowest BCUT2D eigenvalue weighted by atomic mass is 10.1. The van der Waals surface area contributed by atoms with Crippen molar-refractivity contribution < 1.29 is 9.90 Å². The van der Waals surface area contributed by atoms with Crippen molar-refractivity contribution in [2.45, 2.75) is 12.5 Å². The van der Waals surface area contributed by atoms with Crippen LogP contribution in [0.3, 0.4) is 0 Å². The first-order valence-corrected chi connectivity index (χ1v) is 6.81. The van der Waals surface area contributed by atoms with Crippen LogP contribution in [-0.4, -0.2) is 28.6 Å². The molecule has 1 aromatic carbocycles. The number of pyridine rings is 1. The van der Waals surface area contributed by atoms with Gasteiger partial charge in [0.1, 0.15) is 0 Å². The number of aliphatic hydroxyl groups excluding tert-OH is 1. The Bertz CT molecular complexity index is 582. The highest BCUT2D eigenvalue weighted by molar-refractivity contribution is 5.91. The second-order valence-corrected chi connectivity index (χ2v) is 4.70. The quantitative estimate of drug-likeness (QED) is 0.794. The summed E-state index contributed by atoms with van der Waals surface area (Å²) in [5.74, 6) is -0.228. The van der Waals surface area contributed by atoms with E-state index < -0.39 is 0 Å². The molecule has 0 aliphatic heterocycles. The zero-order chi connectivity index (χ0) is 14.9. The maximum Gasteiger partial charge on any atom is 0.244 e. The van der Waals surface area contributed by atoms with Crippen molar-refractivity contribution in [2.75, 3.05) is 6.61 Å². The predicted octanol–water partition coefficient (Wildman–Crippen LogP) is 1.81. The monoisotopic (exact) mass is 282 g/mol. The van der Waals surface area contributed by atoms with Crippen molar-refractivity contribution >= 4 is 12.0 Å². The minimum atomic E-state index is -0.293. The molecule has 4 heteroatoms. The summed E-state index contributed by atoms with van der Waals surface area (Å²) in [5.41, 5.74) is 1.93. The van der Waals surface area contributed by atoms with Crippen LogP contribution < -0.4 is 5.32 Å². The van der Waals surface area contributed by atoms with Gasteiger partial charge in [-0.05, 0) is 29.7 Å². The molecule has 0 fully saturated rings. The van der Waals surface area contributed by atoms with E-state index in [1.807, 2.05) is 42.5 Å². The number of carbonyl (C=O) groups is 1. The van der Waals surface area contributed by atoms with Crippen LogP contribution in [0.4, 0.5) is 0 Å². The molecular formula is C17H18N2O2. The molecule has 0 aliphatic rings. The van der Waals surface area contributed by atoms with Gasteiger partial charge < -0.3 is 10.4 Å². The molecular weight excluding hydrogens is 264 g/mol. The fourth-order valence-electron chi connectivity index (χ4n) is 1.96. The molecule has 1 unspecified atom stereocenters. The largest absolute Gasteiger partial charge is 0.394 e. The number of benzene rings is 1. The fourth-order valence-corrected chi connectivity index (χ4v) is 1.96. The Morgan fingerprint density at radius 1 is 1.24 bits per heavy atom. The standard InChI is InChI=1S/C17H18N2O2/c20-13-16(11-14-5-2-1-3-6-14)19-17(21)9-8-15-7-4-10-18-12-15/h1-10,12,16,20H,11,13H2,(H,19,21). The molecule has 0 radical (unpaired) electrons. The lowest BCUT2D eigenvalue weighted by Gasteiger charge is -2.15. The van der Waals surface area contributed by atoms with Gasteiger partial charge >= 0.3 is 0 Å². The molecule has 0 saturated carbocycles. The fraction of sp³-hybridized carbons (Fsp3) is 0.176. The minimum absolute atomic E-state index is 0.0959. The Labute approximate surface area is 124 Å². The third-order valence-electron chi connectivity index (χ3n) is 3.00. The summed E-state index contributed by atoms with van der Waals surface area (Å²) in [4.78, 5) is 15.8. The second-order valence-electron chi connectivity index (χ2n) is 4.70. The second kappa shape index (κ2) is 7.97. The molecule has 1 heterocycles. The van der Waals surface area contributed by atoms with E-state index in [1.165, 1.54) is 6.08 Å². The number of hydrogen-bond donors (Lipinski definition) is 2. The van der Waals surface area contributed by atoms with Gasteiger partial charge in [-0.25, -0.2) is 0 Å².